The quantitative estimate of drug-likeness (QED) is 0.443. The van der Waals surface area contributed by atoms with Crippen LogP contribution in [-0.2, 0) is 6.42 Å². The molecule has 0 unspecified atom stereocenters. The van der Waals surface area contributed by atoms with Gasteiger partial charge in [-0.2, -0.15) is 0 Å². The number of carbonyl (C=O) groups is 1. The van der Waals surface area contributed by atoms with Crippen LogP contribution in [0.2, 0.25) is 0 Å². The third-order valence-corrected chi connectivity index (χ3v) is 7.36. The van der Waals surface area contributed by atoms with E-state index in [2.05, 4.69) is 23.1 Å². The maximum Gasteiger partial charge on any atom is 0.274 e. The molecule has 4 heterocycles. The Morgan fingerprint density at radius 3 is 2.75 bits per heavy atom. The Kier molecular flexibility index (Phi) is 5.51. The van der Waals surface area contributed by atoms with Crippen molar-refractivity contribution in [2.24, 2.45) is 0 Å². The van der Waals surface area contributed by atoms with Crippen molar-refractivity contribution < 1.29 is 4.79 Å². The van der Waals surface area contributed by atoms with Gasteiger partial charge in [0, 0.05) is 36.5 Å². The first kappa shape index (κ1) is 20.8. The van der Waals surface area contributed by atoms with E-state index in [4.69, 9.17) is 4.98 Å². The number of aryl methyl sites for hydroxylation is 3. The van der Waals surface area contributed by atoms with Crippen molar-refractivity contribution in [1.82, 2.24) is 24.3 Å². The molecule has 1 fully saturated rings. The number of thiazole rings is 1. The van der Waals surface area contributed by atoms with Crippen LogP contribution in [0.1, 0.15) is 51.7 Å². The van der Waals surface area contributed by atoms with E-state index in [1.54, 1.807) is 11.3 Å². The average Bonchev–Trinajstić information content (AvgIpc) is 3.40. The van der Waals surface area contributed by atoms with E-state index in [0.29, 0.717) is 5.69 Å². The summed E-state index contributed by atoms with van der Waals surface area (Å²) in [7, 11) is 0. The van der Waals surface area contributed by atoms with Crippen LogP contribution in [0.25, 0.3) is 16.1 Å². The number of likely N-dealkylation sites (tertiary alicyclic amines) is 1. The Morgan fingerprint density at radius 1 is 1.12 bits per heavy atom. The standard InChI is InChI=1S/C25H27N5OS/c1-16-17(2)26-15-29-14-20(28-24(16)29)13-21-11-7-8-12-30(21)25(31)22-23(32-18(3)27-22)19-9-5-4-6-10-19/h4-6,9-10,14-15,21H,7-8,11-13H2,1-3H3/t21-/m0/s1. The summed E-state index contributed by atoms with van der Waals surface area (Å²) in [6, 6.07) is 10.2. The van der Waals surface area contributed by atoms with Crippen LogP contribution >= 0.6 is 11.3 Å². The molecule has 1 atom stereocenters. The van der Waals surface area contributed by atoms with E-state index in [1.165, 1.54) is 0 Å². The second-order valence-corrected chi connectivity index (χ2v) is 9.75. The molecule has 0 aliphatic carbocycles. The first-order valence-electron chi connectivity index (χ1n) is 11.1. The van der Waals surface area contributed by atoms with Gasteiger partial charge in [0.05, 0.1) is 15.6 Å². The number of piperidine rings is 1. The molecular formula is C25H27N5OS. The van der Waals surface area contributed by atoms with Gasteiger partial charge in [0.15, 0.2) is 0 Å². The number of hydrogen-bond donors (Lipinski definition) is 0. The molecule has 0 spiro atoms. The molecule has 6 nitrogen and oxygen atoms in total. The number of carbonyl (C=O) groups excluding carboxylic acids is 1. The average molecular weight is 446 g/mol. The molecule has 4 aromatic rings. The Hall–Kier alpha value is -3.06. The molecule has 164 valence electrons. The van der Waals surface area contributed by atoms with Crippen LogP contribution < -0.4 is 0 Å². The SMILES string of the molecule is Cc1nc(C(=O)N2CCCC[C@H]2Cc2cn3cnc(C)c(C)c3n2)c(-c2ccccc2)s1. The van der Waals surface area contributed by atoms with Gasteiger partial charge in [-0.05, 0) is 45.6 Å². The second kappa shape index (κ2) is 8.47. The molecule has 1 aliphatic heterocycles. The predicted molar refractivity (Wildman–Crippen MR) is 127 cm³/mol. The highest BCUT2D eigenvalue weighted by atomic mass is 32.1. The first-order chi connectivity index (χ1) is 15.5. The minimum absolute atomic E-state index is 0.0374. The monoisotopic (exact) mass is 445 g/mol. The minimum Gasteiger partial charge on any atom is -0.334 e. The summed E-state index contributed by atoms with van der Waals surface area (Å²) in [5.41, 5.74) is 5.67. The van der Waals surface area contributed by atoms with Crippen LogP contribution in [0.15, 0.2) is 42.9 Å². The van der Waals surface area contributed by atoms with E-state index in [9.17, 15) is 4.79 Å². The van der Waals surface area contributed by atoms with E-state index >= 15 is 0 Å². The molecule has 0 N–H and O–H groups in total. The fourth-order valence-electron chi connectivity index (χ4n) is 4.53. The largest absolute Gasteiger partial charge is 0.334 e. The maximum atomic E-state index is 13.7. The van der Waals surface area contributed by atoms with Crippen molar-refractivity contribution in [3.8, 4) is 10.4 Å². The van der Waals surface area contributed by atoms with Gasteiger partial charge in [-0.25, -0.2) is 15.0 Å². The molecule has 0 bridgehead atoms. The van der Waals surface area contributed by atoms with Crippen molar-refractivity contribution in [3.63, 3.8) is 0 Å². The summed E-state index contributed by atoms with van der Waals surface area (Å²) >= 11 is 1.59. The van der Waals surface area contributed by atoms with Crippen LogP contribution in [0.4, 0.5) is 0 Å². The fraction of sp³-hybridized carbons (Fsp3) is 0.360. The predicted octanol–water partition coefficient (Wildman–Crippen LogP) is 5.02. The summed E-state index contributed by atoms with van der Waals surface area (Å²) in [5.74, 6) is 0.0374. The van der Waals surface area contributed by atoms with E-state index in [-0.39, 0.29) is 11.9 Å². The smallest absolute Gasteiger partial charge is 0.274 e. The number of amides is 1. The fourth-order valence-corrected chi connectivity index (χ4v) is 5.45. The lowest BCUT2D eigenvalue weighted by molar-refractivity contribution is 0.0608. The Bertz CT molecular complexity index is 1280. The number of nitrogens with zero attached hydrogens (tertiary/aromatic N) is 5. The van der Waals surface area contributed by atoms with Crippen LogP contribution in [0, 0.1) is 20.8 Å². The molecular weight excluding hydrogens is 418 g/mol. The molecule has 7 heteroatoms. The zero-order valence-electron chi connectivity index (χ0n) is 18.7. The Labute approximate surface area is 192 Å². The molecule has 5 rings (SSSR count). The van der Waals surface area contributed by atoms with Gasteiger partial charge in [0.2, 0.25) is 0 Å². The number of hydrogen-bond acceptors (Lipinski definition) is 5. The van der Waals surface area contributed by atoms with Crippen LogP contribution in [0.3, 0.4) is 0 Å². The van der Waals surface area contributed by atoms with Gasteiger partial charge in [0.25, 0.3) is 5.91 Å². The van der Waals surface area contributed by atoms with Crippen molar-refractivity contribution in [1.29, 1.82) is 0 Å². The van der Waals surface area contributed by atoms with E-state index in [0.717, 1.165) is 70.3 Å². The van der Waals surface area contributed by atoms with Crippen molar-refractivity contribution in [3.05, 3.63) is 70.5 Å². The number of rotatable bonds is 4. The van der Waals surface area contributed by atoms with Gasteiger partial charge in [-0.1, -0.05) is 30.3 Å². The highest BCUT2D eigenvalue weighted by Gasteiger charge is 2.31. The lowest BCUT2D eigenvalue weighted by Crippen LogP contribution is -2.45. The highest BCUT2D eigenvalue weighted by Crippen LogP contribution is 2.32. The molecule has 1 saturated heterocycles. The van der Waals surface area contributed by atoms with Crippen molar-refractivity contribution in [2.75, 3.05) is 6.54 Å². The maximum absolute atomic E-state index is 13.7. The van der Waals surface area contributed by atoms with Gasteiger partial charge in [-0.15, -0.1) is 11.3 Å². The molecule has 3 aromatic heterocycles. The number of aromatic nitrogens is 4. The zero-order valence-corrected chi connectivity index (χ0v) is 19.5. The third-order valence-electron chi connectivity index (χ3n) is 6.34. The van der Waals surface area contributed by atoms with Gasteiger partial charge < -0.3 is 4.90 Å². The van der Waals surface area contributed by atoms with E-state index < -0.39 is 0 Å². The lowest BCUT2D eigenvalue weighted by Gasteiger charge is -2.35. The Morgan fingerprint density at radius 2 is 1.94 bits per heavy atom. The second-order valence-electron chi connectivity index (χ2n) is 8.55. The van der Waals surface area contributed by atoms with Crippen LogP contribution in [-0.4, -0.2) is 42.7 Å². The summed E-state index contributed by atoms with van der Waals surface area (Å²) in [4.78, 5) is 30.7. The summed E-state index contributed by atoms with van der Waals surface area (Å²) in [6.07, 6.45) is 7.76. The first-order valence-corrected chi connectivity index (χ1v) is 12.0. The molecule has 32 heavy (non-hydrogen) atoms. The zero-order chi connectivity index (χ0) is 22.2. The third kappa shape index (κ3) is 3.81. The number of fused-ring (bicyclic) bond motifs is 1. The highest BCUT2D eigenvalue weighted by molar-refractivity contribution is 7.15. The van der Waals surface area contributed by atoms with Crippen molar-refractivity contribution in [2.45, 2.75) is 52.5 Å². The molecule has 1 amide bonds. The lowest BCUT2D eigenvalue weighted by atomic mass is 9.97. The number of imidazole rings is 1. The van der Waals surface area contributed by atoms with E-state index in [1.807, 2.05) is 59.8 Å². The van der Waals surface area contributed by atoms with Crippen molar-refractivity contribution >= 4 is 22.9 Å². The summed E-state index contributed by atoms with van der Waals surface area (Å²) < 4.78 is 1.99. The normalized spacial score (nSPS) is 16.6. The topological polar surface area (TPSA) is 63.4 Å². The summed E-state index contributed by atoms with van der Waals surface area (Å²) in [6.45, 7) is 6.80. The van der Waals surface area contributed by atoms with Gasteiger partial charge >= 0.3 is 0 Å². The molecule has 1 aliphatic rings. The number of benzene rings is 1. The van der Waals surface area contributed by atoms with Gasteiger partial charge in [0.1, 0.15) is 17.7 Å². The Balaban J connectivity index is 1.44. The molecule has 0 saturated carbocycles. The molecule has 0 radical (unpaired) electrons. The summed E-state index contributed by atoms with van der Waals surface area (Å²) in [5, 5.41) is 0.916. The minimum atomic E-state index is 0.0374. The molecule has 1 aromatic carbocycles. The van der Waals surface area contributed by atoms with Crippen LogP contribution in [0.5, 0.6) is 0 Å². The van der Waals surface area contributed by atoms with Gasteiger partial charge in [-0.3, -0.25) is 9.20 Å².